The van der Waals surface area contributed by atoms with Crippen LogP contribution in [0.4, 0.5) is 0 Å². The maximum absolute atomic E-state index is 13.6. The van der Waals surface area contributed by atoms with Crippen LogP contribution in [0.15, 0.2) is 60.7 Å². The van der Waals surface area contributed by atoms with Crippen molar-refractivity contribution in [3.63, 3.8) is 0 Å². The van der Waals surface area contributed by atoms with Crippen molar-refractivity contribution < 1.29 is 43.5 Å². The minimum Gasteiger partial charge on any atom is -0.480 e. The van der Waals surface area contributed by atoms with Gasteiger partial charge in [0, 0.05) is 12.8 Å². The lowest BCUT2D eigenvalue weighted by Gasteiger charge is -2.25. The van der Waals surface area contributed by atoms with E-state index in [1.54, 1.807) is 88.4 Å². The van der Waals surface area contributed by atoms with Crippen molar-refractivity contribution in [2.75, 3.05) is 26.2 Å². The van der Waals surface area contributed by atoms with Crippen LogP contribution >= 0.6 is 0 Å². The first kappa shape index (κ1) is 53.2. The van der Waals surface area contributed by atoms with Crippen molar-refractivity contribution in [2.24, 2.45) is 29.0 Å². The van der Waals surface area contributed by atoms with E-state index in [0.717, 1.165) is 0 Å². The maximum atomic E-state index is 13.6. The van der Waals surface area contributed by atoms with Gasteiger partial charge in [-0.1, -0.05) is 88.4 Å². The predicted octanol–water partition coefficient (Wildman–Crippen LogP) is -0.890. The lowest BCUT2D eigenvalue weighted by Crippen LogP contribution is -2.58. The van der Waals surface area contributed by atoms with Gasteiger partial charge in [0.05, 0.1) is 19.1 Å². The quantitative estimate of drug-likeness (QED) is 0.0444. The molecule has 0 aromatic heterocycles. The lowest BCUT2D eigenvalue weighted by atomic mass is 10.0. The lowest BCUT2D eigenvalue weighted by molar-refractivity contribution is -0.142. The van der Waals surface area contributed by atoms with Gasteiger partial charge in [-0.15, -0.1) is 0 Å². The molecule has 2 aromatic carbocycles. The Bertz CT molecular complexity index is 1780. The van der Waals surface area contributed by atoms with Crippen LogP contribution in [-0.2, 0) is 51.2 Å². The van der Waals surface area contributed by atoms with Crippen molar-refractivity contribution in [3.05, 3.63) is 71.8 Å². The third-order valence-electron chi connectivity index (χ3n) is 10.1. The van der Waals surface area contributed by atoms with Gasteiger partial charge >= 0.3 is 5.97 Å². The van der Waals surface area contributed by atoms with Gasteiger partial charge in [-0.25, -0.2) is 4.79 Å². The van der Waals surface area contributed by atoms with Crippen LogP contribution < -0.4 is 54.4 Å². The maximum Gasteiger partial charge on any atom is 0.326 e. The van der Waals surface area contributed by atoms with Crippen LogP contribution in [-0.4, -0.2) is 115 Å². The summed E-state index contributed by atoms with van der Waals surface area (Å²) in [6, 6.07) is 11.1. The van der Waals surface area contributed by atoms with E-state index in [2.05, 4.69) is 37.2 Å². The van der Waals surface area contributed by atoms with E-state index < -0.39 is 103 Å². The average molecular weight is 881 g/mol. The molecule has 19 nitrogen and oxygen atoms in total. The standard InChI is InChI=1S/C44H68N10O9/c1-27(2)37(47)42(60)51-31(19-11-13-21-45)40(58)53-33(23-29-15-7-5-8-16-29)39(57)48-26-36(56)54-38(28(3)4)43(61)49-25-35(55)50-34(24-30-17-9-6-10-18-30)41(59)52-32(44(62)63)20-12-14-22-46/h5-10,15-18,27-28,31-34,37-38H,11-14,19-26,45-47H2,1-4H3,(H,48,57)(H,49,61)(H,50,55)(H,51,60)(H,52,59)(H,53,58)(H,54,56)(H,62,63). The van der Waals surface area contributed by atoms with E-state index in [1.807, 2.05) is 0 Å². The molecule has 0 bridgehead atoms. The number of hydrogen-bond donors (Lipinski definition) is 11. The molecule has 19 heteroatoms. The van der Waals surface area contributed by atoms with Gasteiger partial charge in [0.2, 0.25) is 41.4 Å². The fourth-order valence-corrected chi connectivity index (χ4v) is 6.32. The van der Waals surface area contributed by atoms with E-state index >= 15 is 0 Å². The highest BCUT2D eigenvalue weighted by atomic mass is 16.4. The second kappa shape index (κ2) is 28.6. The Morgan fingerprint density at radius 3 is 1.41 bits per heavy atom. The molecule has 7 amide bonds. The van der Waals surface area contributed by atoms with Gasteiger partial charge in [-0.3, -0.25) is 33.6 Å². The van der Waals surface area contributed by atoms with Crippen LogP contribution in [0.3, 0.4) is 0 Å². The zero-order valence-electron chi connectivity index (χ0n) is 36.8. The number of nitrogens with two attached hydrogens (primary N) is 3. The molecule has 0 aliphatic rings. The van der Waals surface area contributed by atoms with Crippen LogP contribution in [0.1, 0.15) is 77.3 Å². The fraction of sp³-hybridized carbons (Fsp3) is 0.545. The Balaban J connectivity index is 2.11. The van der Waals surface area contributed by atoms with Crippen LogP contribution in [0.25, 0.3) is 0 Å². The van der Waals surface area contributed by atoms with Gasteiger partial charge in [-0.2, -0.15) is 0 Å². The zero-order valence-corrected chi connectivity index (χ0v) is 36.8. The van der Waals surface area contributed by atoms with Gasteiger partial charge in [-0.05, 0) is 74.6 Å². The van der Waals surface area contributed by atoms with E-state index in [9.17, 15) is 43.5 Å². The second-order valence-electron chi connectivity index (χ2n) is 16.1. The van der Waals surface area contributed by atoms with Gasteiger partial charge in [0.25, 0.3) is 0 Å². The summed E-state index contributed by atoms with van der Waals surface area (Å²) < 4.78 is 0. The van der Waals surface area contributed by atoms with Crippen molar-refractivity contribution >= 4 is 47.3 Å². The van der Waals surface area contributed by atoms with Gasteiger partial charge in [0.1, 0.15) is 30.2 Å². The minimum atomic E-state index is -1.23. The number of hydrogen-bond acceptors (Lipinski definition) is 11. The number of amides is 7. The normalized spacial score (nSPS) is 13.9. The third-order valence-corrected chi connectivity index (χ3v) is 10.1. The topological polar surface area (TPSA) is 319 Å². The Hall–Kier alpha value is -5.92. The number of rotatable bonds is 29. The number of aliphatic carboxylic acids is 1. The molecule has 63 heavy (non-hydrogen) atoms. The predicted molar refractivity (Wildman–Crippen MR) is 237 cm³/mol. The Morgan fingerprint density at radius 2 is 0.937 bits per heavy atom. The highest BCUT2D eigenvalue weighted by molar-refractivity contribution is 5.96. The molecule has 0 fully saturated rings. The van der Waals surface area contributed by atoms with Gasteiger partial charge in [0.15, 0.2) is 0 Å². The third kappa shape index (κ3) is 20.2. The summed E-state index contributed by atoms with van der Waals surface area (Å²) in [7, 11) is 0. The summed E-state index contributed by atoms with van der Waals surface area (Å²) in [4.78, 5) is 105. The highest BCUT2D eigenvalue weighted by Gasteiger charge is 2.31. The smallest absolute Gasteiger partial charge is 0.326 e. The molecule has 0 aliphatic carbocycles. The van der Waals surface area contributed by atoms with Crippen molar-refractivity contribution in [1.82, 2.24) is 37.2 Å². The summed E-state index contributed by atoms with van der Waals surface area (Å²) in [5.74, 6) is -6.65. The molecule has 0 saturated carbocycles. The molecular weight excluding hydrogens is 813 g/mol. The summed E-state index contributed by atoms with van der Waals surface area (Å²) in [6.07, 6.45) is 2.63. The first-order valence-electron chi connectivity index (χ1n) is 21.5. The molecule has 14 N–H and O–H groups in total. The first-order chi connectivity index (χ1) is 30.0. The van der Waals surface area contributed by atoms with Crippen molar-refractivity contribution in [1.29, 1.82) is 0 Å². The van der Waals surface area contributed by atoms with E-state index in [0.29, 0.717) is 49.9 Å². The molecular formula is C44H68N10O9. The second-order valence-corrected chi connectivity index (χ2v) is 16.1. The summed E-state index contributed by atoms with van der Waals surface area (Å²) in [5, 5.41) is 27.8. The van der Waals surface area contributed by atoms with Gasteiger partial charge < -0.3 is 59.5 Å². The van der Waals surface area contributed by atoms with Crippen molar-refractivity contribution in [2.45, 2.75) is 115 Å². The first-order valence-corrected chi connectivity index (χ1v) is 21.5. The van der Waals surface area contributed by atoms with Crippen LogP contribution in [0.5, 0.6) is 0 Å². The Labute approximate surface area is 369 Å². The van der Waals surface area contributed by atoms with Crippen molar-refractivity contribution in [3.8, 4) is 0 Å². The Morgan fingerprint density at radius 1 is 0.508 bits per heavy atom. The summed E-state index contributed by atoms with van der Waals surface area (Å²) in [6.45, 7) is 6.48. The molecule has 0 saturated heterocycles. The van der Waals surface area contributed by atoms with E-state index in [1.165, 1.54) is 0 Å². The van der Waals surface area contributed by atoms with Crippen LogP contribution in [0.2, 0.25) is 0 Å². The number of unbranched alkanes of at least 4 members (excludes halogenated alkanes) is 2. The fourth-order valence-electron chi connectivity index (χ4n) is 6.32. The van der Waals surface area contributed by atoms with Crippen LogP contribution in [0, 0.1) is 11.8 Å². The number of benzene rings is 2. The minimum absolute atomic E-state index is 0.0344. The SMILES string of the molecule is CC(C)C(N)C(=O)NC(CCCCN)C(=O)NC(Cc1ccccc1)C(=O)NCC(=O)NC(C(=O)NCC(=O)NC(Cc1ccccc1)C(=O)NC(CCCCN)C(=O)O)C(C)C. The molecule has 0 spiro atoms. The zero-order chi connectivity index (χ0) is 46.9. The summed E-state index contributed by atoms with van der Waals surface area (Å²) in [5.41, 5.74) is 18.6. The van der Waals surface area contributed by atoms with E-state index in [-0.39, 0.29) is 31.6 Å². The largest absolute Gasteiger partial charge is 0.480 e. The molecule has 0 aliphatic heterocycles. The number of carbonyl (C=O) groups excluding carboxylic acids is 7. The molecule has 0 heterocycles. The van der Waals surface area contributed by atoms with E-state index in [4.69, 9.17) is 17.2 Å². The molecule has 6 unspecified atom stereocenters. The number of carboxylic acids is 1. The molecule has 2 rings (SSSR count). The molecule has 0 radical (unpaired) electrons. The monoisotopic (exact) mass is 881 g/mol. The highest BCUT2D eigenvalue weighted by Crippen LogP contribution is 2.10. The summed E-state index contributed by atoms with van der Waals surface area (Å²) >= 11 is 0. The average Bonchev–Trinajstić information content (AvgIpc) is 3.25. The molecule has 2 aromatic rings. The molecule has 348 valence electrons. The number of nitrogens with one attached hydrogen (secondary N) is 7. The molecule has 6 atom stereocenters. The Kier molecular flexibility index (Phi) is 24.2. The number of carbonyl (C=O) groups is 8. The number of carboxylic acid groups (broad SMARTS) is 1.